The van der Waals surface area contributed by atoms with E-state index in [1.165, 1.54) is 57.9 Å². The molecule has 2 atom stereocenters. The van der Waals surface area contributed by atoms with Crippen molar-refractivity contribution >= 4 is 0 Å². The van der Waals surface area contributed by atoms with E-state index in [0.717, 1.165) is 25.7 Å². The fraction of sp³-hybridized carbons (Fsp3) is 1.00. The maximum Gasteiger partial charge on any atom is 0.0661 e. The van der Waals surface area contributed by atoms with Crippen LogP contribution in [0.5, 0.6) is 0 Å². The van der Waals surface area contributed by atoms with Crippen molar-refractivity contribution in [2.24, 2.45) is 11.3 Å². The van der Waals surface area contributed by atoms with Crippen molar-refractivity contribution in [2.45, 2.75) is 70.4 Å². The van der Waals surface area contributed by atoms with E-state index in [9.17, 15) is 0 Å². The van der Waals surface area contributed by atoms with Gasteiger partial charge < -0.3 is 14.8 Å². The second-order valence-electron chi connectivity index (χ2n) is 6.99. The molecule has 2 saturated carbocycles. The Balaban J connectivity index is 1.52. The molecule has 3 rings (SSSR count). The van der Waals surface area contributed by atoms with E-state index in [0.29, 0.717) is 17.6 Å². The Labute approximate surface area is 123 Å². The third-order valence-corrected chi connectivity index (χ3v) is 5.93. The predicted octanol–water partition coefficient (Wildman–Crippen LogP) is 3.13. The van der Waals surface area contributed by atoms with Gasteiger partial charge in [-0.3, -0.25) is 0 Å². The second kappa shape index (κ2) is 6.76. The van der Waals surface area contributed by atoms with Gasteiger partial charge in [0.05, 0.1) is 6.10 Å². The summed E-state index contributed by atoms with van der Waals surface area (Å²) in [6, 6.07) is 0.710. The lowest BCUT2D eigenvalue weighted by Crippen LogP contribution is -2.65. The molecule has 0 aromatic heterocycles. The van der Waals surface area contributed by atoms with Gasteiger partial charge in [-0.25, -0.2) is 0 Å². The fourth-order valence-electron chi connectivity index (χ4n) is 4.61. The minimum Gasteiger partial charge on any atom is -0.381 e. The molecule has 3 nitrogen and oxygen atoms in total. The van der Waals surface area contributed by atoms with Gasteiger partial charge in [0.15, 0.2) is 0 Å². The van der Waals surface area contributed by atoms with E-state index in [1.807, 2.05) is 0 Å². The summed E-state index contributed by atoms with van der Waals surface area (Å²) >= 11 is 0. The van der Waals surface area contributed by atoms with Crippen molar-refractivity contribution in [1.29, 1.82) is 0 Å². The largest absolute Gasteiger partial charge is 0.381 e. The van der Waals surface area contributed by atoms with Gasteiger partial charge in [0.25, 0.3) is 0 Å². The summed E-state index contributed by atoms with van der Waals surface area (Å²) < 4.78 is 11.5. The Kier molecular flexibility index (Phi) is 5.00. The van der Waals surface area contributed by atoms with Gasteiger partial charge in [-0.15, -0.1) is 0 Å². The first-order valence-electron chi connectivity index (χ1n) is 8.78. The van der Waals surface area contributed by atoms with Crippen molar-refractivity contribution in [3.8, 4) is 0 Å². The van der Waals surface area contributed by atoms with Gasteiger partial charge in [0, 0.05) is 31.3 Å². The van der Waals surface area contributed by atoms with Gasteiger partial charge in [0.2, 0.25) is 0 Å². The average Bonchev–Trinajstić information content (AvgIpc) is 2.52. The highest BCUT2D eigenvalue weighted by Gasteiger charge is 2.55. The summed E-state index contributed by atoms with van der Waals surface area (Å²) in [4.78, 5) is 0. The Morgan fingerprint density at radius 1 is 1.15 bits per heavy atom. The maximum atomic E-state index is 6.03. The average molecular weight is 281 g/mol. The van der Waals surface area contributed by atoms with Crippen LogP contribution in [0.1, 0.15) is 58.3 Å². The summed E-state index contributed by atoms with van der Waals surface area (Å²) in [5, 5.41) is 3.90. The third-order valence-electron chi connectivity index (χ3n) is 5.93. The van der Waals surface area contributed by atoms with Crippen molar-refractivity contribution in [1.82, 2.24) is 5.32 Å². The van der Waals surface area contributed by atoms with Crippen LogP contribution in [-0.2, 0) is 9.47 Å². The van der Waals surface area contributed by atoms with Crippen LogP contribution < -0.4 is 5.32 Å². The Morgan fingerprint density at radius 3 is 2.60 bits per heavy atom. The van der Waals surface area contributed by atoms with E-state index >= 15 is 0 Å². The lowest BCUT2D eigenvalue weighted by atomic mass is 9.55. The van der Waals surface area contributed by atoms with E-state index in [-0.39, 0.29) is 0 Å². The summed E-state index contributed by atoms with van der Waals surface area (Å²) in [5.74, 6) is 0.829. The number of hydrogen-bond donors (Lipinski definition) is 1. The second-order valence-corrected chi connectivity index (χ2v) is 6.99. The molecule has 1 spiro atoms. The third kappa shape index (κ3) is 2.90. The zero-order chi connectivity index (χ0) is 13.8. The van der Waals surface area contributed by atoms with Crippen molar-refractivity contribution < 1.29 is 9.47 Å². The Hall–Kier alpha value is -0.120. The monoisotopic (exact) mass is 281 g/mol. The number of nitrogens with one attached hydrogen (secondary N) is 1. The first-order valence-corrected chi connectivity index (χ1v) is 8.78. The molecule has 0 amide bonds. The van der Waals surface area contributed by atoms with Crippen LogP contribution in [0.2, 0.25) is 0 Å². The summed E-state index contributed by atoms with van der Waals surface area (Å²) in [6.45, 7) is 6.13. The lowest BCUT2D eigenvalue weighted by molar-refractivity contribution is -0.150. The zero-order valence-corrected chi connectivity index (χ0v) is 13.0. The van der Waals surface area contributed by atoms with Crippen LogP contribution in [0.25, 0.3) is 0 Å². The first-order chi connectivity index (χ1) is 9.85. The molecular formula is C17H31NO2. The molecule has 0 bridgehead atoms. The maximum absolute atomic E-state index is 6.03. The molecule has 3 fully saturated rings. The standard InChI is InChI=1S/C17H31NO2/c1-2-20-16-12-15(17(16)8-4-3-5-9-17)18-13-14-6-10-19-11-7-14/h14-16,18H,2-13H2,1H3. The van der Waals surface area contributed by atoms with Crippen LogP contribution in [0.4, 0.5) is 0 Å². The van der Waals surface area contributed by atoms with E-state index in [2.05, 4.69) is 12.2 Å². The van der Waals surface area contributed by atoms with Crippen molar-refractivity contribution in [3.63, 3.8) is 0 Å². The van der Waals surface area contributed by atoms with Crippen molar-refractivity contribution in [2.75, 3.05) is 26.4 Å². The number of rotatable bonds is 5. The topological polar surface area (TPSA) is 30.5 Å². The SMILES string of the molecule is CCOC1CC(NCC2CCOCC2)C12CCCCC2. The minimum absolute atomic E-state index is 0.472. The van der Waals surface area contributed by atoms with Gasteiger partial charge in [-0.2, -0.15) is 0 Å². The van der Waals surface area contributed by atoms with Crippen LogP contribution >= 0.6 is 0 Å². The molecule has 20 heavy (non-hydrogen) atoms. The molecule has 1 heterocycles. The minimum atomic E-state index is 0.472. The molecule has 116 valence electrons. The smallest absolute Gasteiger partial charge is 0.0661 e. The van der Waals surface area contributed by atoms with Crippen LogP contribution in [0.15, 0.2) is 0 Å². The van der Waals surface area contributed by atoms with Gasteiger partial charge in [-0.1, -0.05) is 19.3 Å². The van der Waals surface area contributed by atoms with Gasteiger partial charge >= 0.3 is 0 Å². The summed E-state index contributed by atoms with van der Waals surface area (Å²) in [7, 11) is 0. The highest BCUT2D eigenvalue weighted by Crippen LogP contribution is 2.53. The summed E-state index contributed by atoms with van der Waals surface area (Å²) in [6.07, 6.45) is 11.2. The molecule has 0 aromatic rings. The highest BCUT2D eigenvalue weighted by atomic mass is 16.5. The molecule has 1 aliphatic heterocycles. The fourth-order valence-corrected chi connectivity index (χ4v) is 4.61. The number of ether oxygens (including phenoxy) is 2. The summed E-state index contributed by atoms with van der Waals surface area (Å²) in [5.41, 5.74) is 0.472. The molecule has 1 saturated heterocycles. The lowest BCUT2D eigenvalue weighted by Gasteiger charge is -2.58. The van der Waals surface area contributed by atoms with Gasteiger partial charge in [0.1, 0.15) is 0 Å². The van der Waals surface area contributed by atoms with Crippen LogP contribution in [-0.4, -0.2) is 38.5 Å². The molecule has 2 unspecified atom stereocenters. The predicted molar refractivity (Wildman–Crippen MR) is 80.9 cm³/mol. The molecular weight excluding hydrogens is 250 g/mol. The molecule has 3 heteroatoms. The van der Waals surface area contributed by atoms with Gasteiger partial charge in [-0.05, 0) is 51.5 Å². The van der Waals surface area contributed by atoms with Crippen molar-refractivity contribution in [3.05, 3.63) is 0 Å². The Bertz CT molecular complexity index is 295. The molecule has 0 aromatic carbocycles. The number of hydrogen-bond acceptors (Lipinski definition) is 3. The molecule has 1 N–H and O–H groups in total. The normalized spacial score (nSPS) is 34.0. The highest BCUT2D eigenvalue weighted by molar-refractivity contribution is 5.09. The molecule has 2 aliphatic carbocycles. The Morgan fingerprint density at radius 2 is 1.90 bits per heavy atom. The van der Waals surface area contributed by atoms with Crippen LogP contribution in [0, 0.1) is 11.3 Å². The molecule has 0 radical (unpaired) electrons. The first kappa shape index (κ1) is 14.8. The van der Waals surface area contributed by atoms with E-state index < -0.39 is 0 Å². The van der Waals surface area contributed by atoms with E-state index in [4.69, 9.17) is 9.47 Å². The van der Waals surface area contributed by atoms with Crippen LogP contribution in [0.3, 0.4) is 0 Å². The quantitative estimate of drug-likeness (QED) is 0.840. The molecule has 3 aliphatic rings. The zero-order valence-electron chi connectivity index (χ0n) is 13.0. The van der Waals surface area contributed by atoms with E-state index in [1.54, 1.807) is 0 Å².